The van der Waals surface area contributed by atoms with Crippen molar-refractivity contribution in [1.29, 1.82) is 0 Å². The van der Waals surface area contributed by atoms with Gasteiger partial charge in [0.15, 0.2) is 5.76 Å². The molecule has 1 rings (SSSR count). The van der Waals surface area contributed by atoms with Crippen LogP contribution in [0.4, 0.5) is 4.79 Å². The van der Waals surface area contributed by atoms with E-state index in [9.17, 15) is 19.2 Å². The first-order valence-electron chi connectivity index (χ1n) is 14.7. The van der Waals surface area contributed by atoms with Crippen LogP contribution in [0.3, 0.4) is 0 Å². The molecule has 44 heavy (non-hydrogen) atoms. The minimum absolute atomic E-state index is 0.224. The number of methoxy groups -OCH3 is 1. The number of cyclic esters (lactones) is 1. The summed E-state index contributed by atoms with van der Waals surface area (Å²) in [6.45, 7) is 13.2. The van der Waals surface area contributed by atoms with E-state index in [1.54, 1.807) is 37.3 Å². The van der Waals surface area contributed by atoms with Crippen molar-refractivity contribution in [2.45, 2.75) is 92.4 Å². The van der Waals surface area contributed by atoms with Crippen LogP contribution in [0.1, 0.15) is 74.1 Å². The molecule has 1 aliphatic heterocycles. The Morgan fingerprint density at radius 3 is 2.34 bits per heavy atom. The number of hydrogen-bond donors (Lipinski definition) is 3. The third-order valence-corrected chi connectivity index (χ3v) is 6.13. The van der Waals surface area contributed by atoms with E-state index in [0.29, 0.717) is 30.7 Å². The van der Waals surface area contributed by atoms with Gasteiger partial charge in [-0.25, -0.2) is 9.59 Å². The van der Waals surface area contributed by atoms with E-state index < -0.39 is 35.5 Å². The number of carbonyl (C=O) groups excluding carboxylic acids is 4. The summed E-state index contributed by atoms with van der Waals surface area (Å²) < 4.78 is 15.6. The Bertz CT molecular complexity index is 1130. The van der Waals surface area contributed by atoms with E-state index in [4.69, 9.17) is 25.8 Å². The first-order chi connectivity index (χ1) is 20.8. The topological polar surface area (TPSA) is 132 Å². The lowest BCUT2D eigenvalue weighted by molar-refractivity contribution is -0.149. The fourth-order valence-corrected chi connectivity index (χ4v) is 3.72. The summed E-state index contributed by atoms with van der Waals surface area (Å²) in [5.74, 6) is -1.04. The smallest absolute Gasteiger partial charge is 0.407 e. The number of esters is 1. The van der Waals surface area contributed by atoms with Crippen LogP contribution < -0.4 is 16.0 Å². The molecule has 0 saturated heterocycles. The van der Waals surface area contributed by atoms with Crippen LogP contribution in [0.2, 0.25) is 0 Å². The normalized spacial score (nSPS) is 17.3. The van der Waals surface area contributed by atoms with Crippen LogP contribution in [-0.2, 0) is 28.6 Å². The van der Waals surface area contributed by atoms with Gasteiger partial charge in [0.25, 0.3) is 0 Å². The molecule has 3 atom stereocenters. The van der Waals surface area contributed by atoms with Crippen molar-refractivity contribution in [1.82, 2.24) is 16.0 Å². The molecule has 0 aromatic heterocycles. The molecule has 0 radical (unpaired) electrons. The quantitative estimate of drug-likeness (QED) is 0.119. The third-order valence-electron chi connectivity index (χ3n) is 5.98. The van der Waals surface area contributed by atoms with E-state index >= 15 is 0 Å². The summed E-state index contributed by atoms with van der Waals surface area (Å²) in [7, 11) is 2.90. The lowest BCUT2D eigenvalue weighted by Gasteiger charge is -2.29. The van der Waals surface area contributed by atoms with E-state index in [-0.39, 0.29) is 17.8 Å². The summed E-state index contributed by atoms with van der Waals surface area (Å²) in [5.41, 5.74) is 0.374. The van der Waals surface area contributed by atoms with Gasteiger partial charge in [-0.1, -0.05) is 88.2 Å². The highest BCUT2D eigenvalue weighted by atomic mass is 35.5. The lowest BCUT2D eigenvalue weighted by Crippen LogP contribution is -2.52. The highest BCUT2D eigenvalue weighted by Crippen LogP contribution is 2.20. The molecule has 3 unspecified atom stereocenters. The molecule has 0 aromatic carbocycles. The Hall–Kier alpha value is -3.79. The number of carbonyl (C=O) groups is 4. The van der Waals surface area contributed by atoms with Crippen molar-refractivity contribution in [3.8, 4) is 0 Å². The van der Waals surface area contributed by atoms with E-state index in [2.05, 4.69) is 16.0 Å². The van der Waals surface area contributed by atoms with Gasteiger partial charge in [-0.2, -0.15) is 0 Å². The third kappa shape index (κ3) is 17.4. The first-order valence-corrected chi connectivity index (χ1v) is 15.1. The average molecular weight is 636 g/mol. The van der Waals surface area contributed by atoms with Crippen molar-refractivity contribution in [2.75, 3.05) is 14.2 Å². The van der Waals surface area contributed by atoms with Gasteiger partial charge in [0.05, 0.1) is 7.11 Å². The Labute approximate surface area is 267 Å². The molecule has 3 N–H and O–H groups in total. The second kappa shape index (κ2) is 21.8. The number of hydrogen-bond acceptors (Lipinski definition) is 7. The number of rotatable bonds is 14. The molecule has 10 nitrogen and oxygen atoms in total. The van der Waals surface area contributed by atoms with E-state index in [0.717, 1.165) is 5.57 Å². The maximum atomic E-state index is 12.9. The summed E-state index contributed by atoms with van der Waals surface area (Å²) in [6, 6.07) is -0.810. The van der Waals surface area contributed by atoms with Crippen LogP contribution in [0.25, 0.3) is 0 Å². The predicted molar refractivity (Wildman–Crippen MR) is 174 cm³/mol. The zero-order valence-electron chi connectivity index (χ0n) is 27.5. The molecule has 0 saturated carbocycles. The van der Waals surface area contributed by atoms with Gasteiger partial charge in [-0.15, -0.1) is 0 Å². The van der Waals surface area contributed by atoms with Gasteiger partial charge in [0.1, 0.15) is 18.2 Å². The summed E-state index contributed by atoms with van der Waals surface area (Å²) in [4.78, 5) is 48.8. The minimum Gasteiger partial charge on any atom is -0.490 e. The highest BCUT2D eigenvalue weighted by Gasteiger charge is 2.32. The van der Waals surface area contributed by atoms with Gasteiger partial charge < -0.3 is 30.2 Å². The van der Waals surface area contributed by atoms with E-state index in [1.165, 1.54) is 26.4 Å². The van der Waals surface area contributed by atoms with Crippen molar-refractivity contribution in [3.05, 3.63) is 71.2 Å². The number of allylic oxidation sites excluding steroid dienone is 5. The zero-order valence-corrected chi connectivity index (χ0v) is 28.2. The standard InChI is InChI=1S/C31H44ClN3O7.C2H6/c1-21(14-16-24-18-19-25(40-7)29(38)41-24)11-8-9-13-26(36)35-27(31(3,4)5)28(37)34-20-10-12-23(17-15-22(2)32)42-30(39)33-6;1-2/h8-11,13-15,19-20,23-24,27H,12,16-18H2,1-7H3,(H,33,39)(H,34,37)(H,35,36);1-2H3/b11-8-,13-9+,20-10-,21-14+,22-15+;. The molecule has 1 heterocycles. The SMILES string of the molecule is CC.CNC(=O)OC(C/C=C\NC(=O)C(NC(=O)/C=C/C=C\C(C)=C\CC1CC=C(OC)C(=O)O1)C(C)(C)C)C/C=C(\C)Cl. The number of halogens is 1. The number of alkyl carbamates (subject to hydrolysis) is 1. The van der Waals surface area contributed by atoms with Gasteiger partial charge in [-0.05, 0) is 31.5 Å². The molecule has 3 amide bonds. The molecule has 1 aliphatic rings. The zero-order chi connectivity index (χ0) is 33.7. The van der Waals surface area contributed by atoms with Crippen molar-refractivity contribution in [2.24, 2.45) is 5.41 Å². The van der Waals surface area contributed by atoms with Crippen molar-refractivity contribution >= 4 is 35.5 Å². The fourth-order valence-electron chi connectivity index (χ4n) is 3.63. The summed E-state index contributed by atoms with van der Waals surface area (Å²) in [5, 5.41) is 8.44. The maximum absolute atomic E-state index is 12.9. The van der Waals surface area contributed by atoms with Crippen LogP contribution in [0, 0.1) is 5.41 Å². The Balaban J connectivity index is 0.00000904. The Morgan fingerprint density at radius 1 is 1.11 bits per heavy atom. The van der Waals surface area contributed by atoms with E-state index in [1.807, 2.05) is 53.7 Å². The second-order valence-corrected chi connectivity index (χ2v) is 11.3. The molecule has 246 valence electrons. The highest BCUT2D eigenvalue weighted by molar-refractivity contribution is 6.29. The Morgan fingerprint density at radius 2 is 1.77 bits per heavy atom. The van der Waals surface area contributed by atoms with Crippen molar-refractivity contribution < 1.29 is 33.4 Å². The molecule has 0 fully saturated rings. The largest absolute Gasteiger partial charge is 0.490 e. The molecule has 11 heteroatoms. The molecule has 0 bridgehead atoms. The minimum atomic E-state index is -0.810. The number of ether oxygens (including phenoxy) is 3. The summed E-state index contributed by atoms with van der Waals surface area (Å²) in [6.07, 6.45) is 15.7. The lowest BCUT2D eigenvalue weighted by atomic mass is 9.86. The number of amides is 3. The van der Waals surface area contributed by atoms with Crippen LogP contribution in [0.15, 0.2) is 71.2 Å². The molecule has 0 aromatic rings. The van der Waals surface area contributed by atoms with Crippen LogP contribution >= 0.6 is 11.6 Å². The molecular weight excluding hydrogens is 586 g/mol. The molecule has 0 aliphatic carbocycles. The molecular formula is C33H50ClN3O7. The van der Waals surface area contributed by atoms with Gasteiger partial charge in [0.2, 0.25) is 11.8 Å². The first kappa shape index (κ1) is 40.2. The average Bonchev–Trinajstić information content (AvgIpc) is 2.97. The van der Waals surface area contributed by atoms with Crippen molar-refractivity contribution in [3.63, 3.8) is 0 Å². The fraction of sp³-hybridized carbons (Fsp3) is 0.515. The van der Waals surface area contributed by atoms with Crippen LogP contribution in [-0.4, -0.2) is 56.3 Å². The monoisotopic (exact) mass is 635 g/mol. The molecule has 0 spiro atoms. The van der Waals surface area contributed by atoms with Gasteiger partial charge in [0, 0.05) is 43.8 Å². The second-order valence-electron chi connectivity index (χ2n) is 10.7. The van der Waals surface area contributed by atoms with Gasteiger partial charge >= 0.3 is 12.1 Å². The number of nitrogens with one attached hydrogen (secondary N) is 3. The van der Waals surface area contributed by atoms with Crippen LogP contribution in [0.5, 0.6) is 0 Å². The predicted octanol–water partition coefficient (Wildman–Crippen LogP) is 6.12. The van der Waals surface area contributed by atoms with Gasteiger partial charge in [-0.3, -0.25) is 9.59 Å². The Kier molecular flexibility index (Phi) is 19.9. The maximum Gasteiger partial charge on any atom is 0.407 e. The summed E-state index contributed by atoms with van der Waals surface area (Å²) >= 11 is 5.89.